The monoisotopic (exact) mass is 258 g/mol. The highest BCUT2D eigenvalue weighted by Crippen LogP contribution is 2.22. The van der Waals surface area contributed by atoms with Gasteiger partial charge in [0, 0.05) is 7.11 Å². The van der Waals surface area contributed by atoms with E-state index in [4.69, 9.17) is 3.79 Å². The molecule has 0 heterocycles. The SMILES string of the molecule is CC1CCCCC1.CCC(C)C.C[O][Al]([CH3])[CH3]. The van der Waals surface area contributed by atoms with E-state index in [0.717, 1.165) is 11.8 Å². The van der Waals surface area contributed by atoms with Gasteiger partial charge in [0.15, 0.2) is 0 Å². The minimum absolute atomic E-state index is 0.650. The first-order chi connectivity index (χ1) is 7.93. The lowest BCUT2D eigenvalue weighted by Gasteiger charge is -2.15. The summed E-state index contributed by atoms with van der Waals surface area (Å²) in [6.45, 7) is 9.00. The van der Waals surface area contributed by atoms with Crippen LogP contribution in [-0.2, 0) is 3.79 Å². The van der Waals surface area contributed by atoms with Crippen molar-refractivity contribution < 1.29 is 3.79 Å². The summed E-state index contributed by atoms with van der Waals surface area (Å²) in [5, 5.41) is 0. The highest BCUT2D eigenvalue weighted by atomic mass is 27.2. The first kappa shape index (κ1) is 19.8. The van der Waals surface area contributed by atoms with Gasteiger partial charge in [0.2, 0.25) is 0 Å². The van der Waals surface area contributed by atoms with E-state index in [-0.39, 0.29) is 0 Å². The second-order valence-corrected chi connectivity index (χ2v) is 8.40. The average molecular weight is 258 g/mol. The molecular weight excluding hydrogens is 223 g/mol. The molecule has 0 atom stereocenters. The van der Waals surface area contributed by atoms with E-state index in [9.17, 15) is 0 Å². The molecule has 0 radical (unpaired) electrons. The molecule has 0 unspecified atom stereocenters. The van der Waals surface area contributed by atoms with Crippen molar-refractivity contribution >= 4 is 14.5 Å². The van der Waals surface area contributed by atoms with Crippen molar-refractivity contribution in [2.24, 2.45) is 11.8 Å². The van der Waals surface area contributed by atoms with Gasteiger partial charge in [0.25, 0.3) is 0 Å². The fraction of sp³-hybridized carbons (Fsp3) is 1.00. The van der Waals surface area contributed by atoms with Crippen molar-refractivity contribution in [1.82, 2.24) is 0 Å². The molecule has 104 valence electrons. The Morgan fingerprint density at radius 2 is 1.47 bits per heavy atom. The van der Waals surface area contributed by atoms with Gasteiger partial charge in [-0.3, -0.25) is 0 Å². The molecular formula is C15H35AlO. The summed E-state index contributed by atoms with van der Waals surface area (Å²) in [5.41, 5.74) is 0. The zero-order valence-corrected chi connectivity index (χ0v) is 14.5. The molecule has 0 aromatic rings. The summed E-state index contributed by atoms with van der Waals surface area (Å²) in [4.78, 5) is 0. The molecule has 1 aliphatic carbocycles. The predicted molar refractivity (Wildman–Crippen MR) is 81.9 cm³/mol. The zero-order valence-electron chi connectivity index (χ0n) is 13.4. The second-order valence-electron chi connectivity index (χ2n) is 5.83. The summed E-state index contributed by atoms with van der Waals surface area (Å²) in [6.07, 6.45) is 8.74. The van der Waals surface area contributed by atoms with Crippen molar-refractivity contribution in [3.8, 4) is 0 Å². The number of hydrogen-bond acceptors (Lipinski definition) is 1. The van der Waals surface area contributed by atoms with Crippen LogP contribution in [0.1, 0.15) is 66.2 Å². The molecule has 1 nitrogen and oxygen atoms in total. The molecule has 0 aromatic heterocycles. The molecule has 0 N–H and O–H groups in total. The predicted octanol–water partition coefficient (Wildman–Crippen LogP) is 5.52. The van der Waals surface area contributed by atoms with Gasteiger partial charge < -0.3 is 3.79 Å². The fourth-order valence-electron chi connectivity index (χ4n) is 1.31. The Balaban J connectivity index is 0. The van der Waals surface area contributed by atoms with E-state index in [0.29, 0.717) is 0 Å². The third-order valence-corrected chi connectivity index (χ3v) is 4.12. The van der Waals surface area contributed by atoms with Crippen molar-refractivity contribution in [2.45, 2.75) is 77.8 Å². The summed E-state index contributed by atoms with van der Waals surface area (Å²) < 4.78 is 4.89. The van der Waals surface area contributed by atoms with Crippen LogP contribution in [0.4, 0.5) is 0 Å². The lowest BCUT2D eigenvalue weighted by atomic mass is 9.91. The maximum Gasteiger partial charge on any atom is 0.453 e. The minimum Gasteiger partial charge on any atom is -0.503 e. The van der Waals surface area contributed by atoms with E-state index in [1.807, 2.05) is 0 Å². The van der Waals surface area contributed by atoms with E-state index in [1.165, 1.54) is 38.5 Å². The Bertz CT molecular complexity index is 121. The van der Waals surface area contributed by atoms with Crippen molar-refractivity contribution in [1.29, 1.82) is 0 Å². The lowest BCUT2D eigenvalue weighted by Crippen LogP contribution is -2.00. The summed E-state index contributed by atoms with van der Waals surface area (Å²) in [5.74, 6) is 6.20. The van der Waals surface area contributed by atoms with Crippen LogP contribution in [-0.4, -0.2) is 21.6 Å². The topological polar surface area (TPSA) is 9.23 Å². The number of hydrogen-bond donors (Lipinski definition) is 0. The highest BCUT2D eigenvalue weighted by molar-refractivity contribution is 6.48. The van der Waals surface area contributed by atoms with E-state index >= 15 is 0 Å². The molecule has 2 heteroatoms. The third-order valence-electron chi connectivity index (χ3n) is 3.18. The first-order valence-corrected chi connectivity index (χ1v) is 10.2. The van der Waals surface area contributed by atoms with Crippen molar-refractivity contribution in [2.75, 3.05) is 7.11 Å². The van der Waals surface area contributed by atoms with Gasteiger partial charge in [-0.1, -0.05) is 77.8 Å². The van der Waals surface area contributed by atoms with Crippen LogP contribution in [0.2, 0.25) is 11.6 Å². The van der Waals surface area contributed by atoms with Crippen LogP contribution in [0.5, 0.6) is 0 Å². The van der Waals surface area contributed by atoms with E-state index < -0.39 is 14.5 Å². The van der Waals surface area contributed by atoms with E-state index in [2.05, 4.69) is 39.3 Å². The molecule has 0 aromatic carbocycles. The normalized spacial score (nSPS) is 15.5. The number of rotatable bonds is 2. The quantitative estimate of drug-likeness (QED) is 0.592. The zero-order chi connectivity index (χ0) is 13.7. The highest BCUT2D eigenvalue weighted by Gasteiger charge is 2.05. The standard InChI is InChI=1S/C7H14.C5H12.CH3O.2CH3.Al/c1-7-5-3-2-4-6-7;1-4-5(2)3;1-2;;;/h7H,2-6H2,1H3;5H,4H2,1-3H3;1H3;2*1H3;/q;;-1;;;+1. The third kappa shape index (κ3) is 22.2. The maximum absolute atomic E-state index is 4.89. The average Bonchev–Trinajstić information content (AvgIpc) is 2.31. The lowest BCUT2D eigenvalue weighted by molar-refractivity contribution is 0.385. The second kappa shape index (κ2) is 14.6. The van der Waals surface area contributed by atoms with Gasteiger partial charge in [-0.2, -0.15) is 0 Å². The van der Waals surface area contributed by atoms with Crippen LogP contribution < -0.4 is 0 Å². The van der Waals surface area contributed by atoms with Gasteiger partial charge in [0.05, 0.1) is 0 Å². The van der Waals surface area contributed by atoms with Gasteiger partial charge in [-0.25, -0.2) is 0 Å². The van der Waals surface area contributed by atoms with Crippen LogP contribution in [0.15, 0.2) is 0 Å². The summed E-state index contributed by atoms with van der Waals surface area (Å²) in [6, 6.07) is 0. The molecule has 1 rings (SSSR count). The molecule has 1 saturated carbocycles. The van der Waals surface area contributed by atoms with E-state index in [1.54, 1.807) is 7.11 Å². The first-order valence-electron chi connectivity index (χ1n) is 7.46. The van der Waals surface area contributed by atoms with Crippen LogP contribution in [0.3, 0.4) is 0 Å². The molecule has 0 aliphatic heterocycles. The molecule has 1 fully saturated rings. The Morgan fingerprint density at radius 3 is 1.59 bits per heavy atom. The summed E-state index contributed by atoms with van der Waals surface area (Å²) in [7, 11) is 1.76. The Morgan fingerprint density at radius 1 is 1.12 bits per heavy atom. The van der Waals surface area contributed by atoms with Gasteiger partial charge in [-0.15, -0.1) is 0 Å². The van der Waals surface area contributed by atoms with Gasteiger partial charge in [-0.05, 0) is 11.8 Å². The Hall–Kier alpha value is 0.492. The largest absolute Gasteiger partial charge is 0.503 e. The fourth-order valence-corrected chi connectivity index (χ4v) is 1.31. The Kier molecular flexibility index (Phi) is 17.0. The minimum atomic E-state index is -0.650. The maximum atomic E-state index is 4.89. The van der Waals surface area contributed by atoms with Crippen molar-refractivity contribution in [3.05, 3.63) is 0 Å². The summed E-state index contributed by atoms with van der Waals surface area (Å²) >= 11 is -0.650. The van der Waals surface area contributed by atoms with Crippen molar-refractivity contribution in [3.63, 3.8) is 0 Å². The molecule has 0 spiro atoms. The molecule has 0 saturated heterocycles. The van der Waals surface area contributed by atoms with Crippen LogP contribution >= 0.6 is 0 Å². The molecule has 1 aliphatic rings. The van der Waals surface area contributed by atoms with Gasteiger partial charge >= 0.3 is 14.5 Å². The van der Waals surface area contributed by atoms with Gasteiger partial charge in [0.1, 0.15) is 0 Å². The Labute approximate surface area is 115 Å². The molecule has 0 bridgehead atoms. The smallest absolute Gasteiger partial charge is 0.453 e. The molecule has 0 amide bonds. The van der Waals surface area contributed by atoms with Crippen LogP contribution in [0, 0.1) is 11.8 Å². The van der Waals surface area contributed by atoms with Crippen LogP contribution in [0.25, 0.3) is 0 Å². The molecule has 17 heavy (non-hydrogen) atoms.